The summed E-state index contributed by atoms with van der Waals surface area (Å²) in [6.07, 6.45) is 3.58. The van der Waals surface area contributed by atoms with Crippen molar-refractivity contribution < 1.29 is 4.74 Å². The Hall–Kier alpha value is -0.720. The molecule has 0 aliphatic heterocycles. The van der Waals surface area contributed by atoms with E-state index >= 15 is 0 Å². The summed E-state index contributed by atoms with van der Waals surface area (Å²) in [5.41, 5.74) is 0. The van der Waals surface area contributed by atoms with Crippen molar-refractivity contribution in [3.8, 4) is 0 Å². The smallest absolute Gasteiger partial charge is 0.114 e. The van der Waals surface area contributed by atoms with Crippen LogP contribution in [0.4, 0.5) is 0 Å². The quantitative estimate of drug-likeness (QED) is 0.401. The molecule has 0 amide bonds. The van der Waals surface area contributed by atoms with Gasteiger partial charge in [-0.25, -0.2) is 0 Å². The van der Waals surface area contributed by atoms with Gasteiger partial charge in [0.15, 0.2) is 0 Å². The zero-order valence-electron chi connectivity index (χ0n) is 5.48. The number of hydrogen-bond donors (Lipinski definition) is 0. The maximum Gasteiger partial charge on any atom is 0.114 e. The minimum atomic E-state index is 0.714. The molecule has 1 nitrogen and oxygen atoms in total. The lowest BCUT2D eigenvalue weighted by atomic mass is 10.4. The summed E-state index contributed by atoms with van der Waals surface area (Å²) in [7, 11) is 0. The Labute approximate surface area is 50.7 Å². The third kappa shape index (κ3) is 2.45. The van der Waals surface area contributed by atoms with Crippen LogP contribution in [0.3, 0.4) is 0 Å². The van der Waals surface area contributed by atoms with E-state index in [1.165, 1.54) is 0 Å². The van der Waals surface area contributed by atoms with E-state index < -0.39 is 0 Å². The van der Waals surface area contributed by atoms with Crippen molar-refractivity contribution in [3.63, 3.8) is 0 Å². The molecular weight excluding hydrogens is 100 g/mol. The Morgan fingerprint density at radius 1 is 1.75 bits per heavy atom. The molecule has 0 aliphatic carbocycles. The topological polar surface area (TPSA) is 9.23 Å². The molecule has 0 aromatic heterocycles. The molecule has 0 saturated heterocycles. The van der Waals surface area contributed by atoms with Gasteiger partial charge in [0.25, 0.3) is 0 Å². The van der Waals surface area contributed by atoms with Crippen LogP contribution in [-0.4, -0.2) is 6.61 Å². The van der Waals surface area contributed by atoms with Crippen LogP contribution in [0.25, 0.3) is 0 Å². The third-order valence-electron chi connectivity index (χ3n) is 0.797. The van der Waals surface area contributed by atoms with E-state index in [2.05, 4.69) is 6.58 Å². The average molecular weight is 112 g/mol. The van der Waals surface area contributed by atoms with E-state index in [0.29, 0.717) is 6.61 Å². The minimum Gasteiger partial charge on any atom is -0.494 e. The first-order valence-corrected chi connectivity index (χ1v) is 2.76. The van der Waals surface area contributed by atoms with Crippen LogP contribution >= 0.6 is 0 Å². The lowest BCUT2D eigenvalue weighted by Gasteiger charge is -1.99. The molecule has 0 saturated carbocycles. The van der Waals surface area contributed by atoms with Crippen LogP contribution in [0.15, 0.2) is 24.5 Å². The summed E-state index contributed by atoms with van der Waals surface area (Å²) in [5, 5.41) is 0. The maximum absolute atomic E-state index is 5.08. The molecule has 1 heteroatoms. The molecular formula is C7H12O. The third-order valence-corrected chi connectivity index (χ3v) is 0.797. The van der Waals surface area contributed by atoms with Crippen molar-refractivity contribution >= 4 is 0 Å². The molecule has 46 valence electrons. The van der Waals surface area contributed by atoms with E-state index in [4.69, 9.17) is 4.74 Å². The van der Waals surface area contributed by atoms with Gasteiger partial charge in [-0.1, -0.05) is 6.58 Å². The van der Waals surface area contributed by atoms with Crippen molar-refractivity contribution in [1.82, 2.24) is 0 Å². The Morgan fingerprint density at radius 2 is 2.38 bits per heavy atom. The second kappa shape index (κ2) is 4.44. The molecule has 0 rings (SSSR count). The van der Waals surface area contributed by atoms with Gasteiger partial charge in [-0.2, -0.15) is 0 Å². The largest absolute Gasteiger partial charge is 0.494 e. The van der Waals surface area contributed by atoms with Gasteiger partial charge in [0, 0.05) is 0 Å². The number of ether oxygens (including phenoxy) is 1. The van der Waals surface area contributed by atoms with Crippen molar-refractivity contribution in [3.05, 3.63) is 24.5 Å². The summed E-state index contributed by atoms with van der Waals surface area (Å²) >= 11 is 0. The summed E-state index contributed by atoms with van der Waals surface area (Å²) in [6.45, 7) is 8.15. The van der Waals surface area contributed by atoms with E-state index in [1.807, 2.05) is 19.9 Å². The summed E-state index contributed by atoms with van der Waals surface area (Å²) in [5.74, 6) is 0.854. The molecule has 0 aromatic carbocycles. The van der Waals surface area contributed by atoms with Crippen LogP contribution in [-0.2, 0) is 4.74 Å². The first-order chi connectivity index (χ1) is 3.85. The van der Waals surface area contributed by atoms with Gasteiger partial charge in [0.2, 0.25) is 0 Å². The standard InChI is InChI=1S/C7H12O/c1-4-7(5-2)8-6-3/h4-5H,1,6H2,2-3H3/b7-5-. The molecule has 0 aliphatic rings. The molecule has 0 radical (unpaired) electrons. The van der Waals surface area contributed by atoms with Gasteiger partial charge in [0.1, 0.15) is 5.76 Å². The Kier molecular flexibility index (Phi) is 4.04. The predicted molar refractivity (Wildman–Crippen MR) is 35.6 cm³/mol. The van der Waals surface area contributed by atoms with Crippen LogP contribution in [0.1, 0.15) is 13.8 Å². The normalized spacial score (nSPS) is 11.0. The van der Waals surface area contributed by atoms with E-state index in [1.54, 1.807) is 6.08 Å². The highest BCUT2D eigenvalue weighted by Gasteiger charge is 1.82. The monoisotopic (exact) mass is 112 g/mol. The first-order valence-electron chi connectivity index (χ1n) is 2.76. The summed E-state index contributed by atoms with van der Waals surface area (Å²) in [4.78, 5) is 0. The maximum atomic E-state index is 5.08. The molecule has 8 heavy (non-hydrogen) atoms. The molecule has 0 N–H and O–H groups in total. The summed E-state index contributed by atoms with van der Waals surface area (Å²) < 4.78 is 5.08. The van der Waals surface area contributed by atoms with Gasteiger partial charge >= 0.3 is 0 Å². The fraction of sp³-hybridized carbons (Fsp3) is 0.429. The highest BCUT2D eigenvalue weighted by atomic mass is 16.5. The Morgan fingerprint density at radius 3 is 2.50 bits per heavy atom. The Bertz CT molecular complexity index is 92.6. The number of hydrogen-bond acceptors (Lipinski definition) is 1. The average Bonchev–Trinajstić information content (AvgIpc) is 1.83. The molecule has 0 atom stereocenters. The first kappa shape index (κ1) is 7.28. The van der Waals surface area contributed by atoms with Crippen LogP contribution in [0.5, 0.6) is 0 Å². The molecule has 0 spiro atoms. The highest BCUT2D eigenvalue weighted by molar-refractivity contribution is 5.06. The zero-order valence-corrected chi connectivity index (χ0v) is 5.48. The van der Waals surface area contributed by atoms with Crippen molar-refractivity contribution in [2.75, 3.05) is 6.61 Å². The predicted octanol–water partition coefficient (Wildman–Crippen LogP) is 2.11. The van der Waals surface area contributed by atoms with Gasteiger partial charge in [0.05, 0.1) is 6.61 Å². The molecule has 0 fully saturated rings. The van der Waals surface area contributed by atoms with Crippen LogP contribution in [0, 0.1) is 0 Å². The van der Waals surface area contributed by atoms with E-state index in [9.17, 15) is 0 Å². The molecule has 0 aromatic rings. The lowest BCUT2D eigenvalue weighted by Crippen LogP contribution is -1.85. The fourth-order valence-corrected chi connectivity index (χ4v) is 0.427. The van der Waals surface area contributed by atoms with Crippen molar-refractivity contribution in [2.45, 2.75) is 13.8 Å². The zero-order chi connectivity index (χ0) is 6.41. The minimum absolute atomic E-state index is 0.714. The van der Waals surface area contributed by atoms with Gasteiger partial charge in [-0.05, 0) is 26.0 Å². The highest BCUT2D eigenvalue weighted by Crippen LogP contribution is 1.95. The number of rotatable bonds is 3. The fourth-order valence-electron chi connectivity index (χ4n) is 0.427. The van der Waals surface area contributed by atoms with Crippen molar-refractivity contribution in [1.29, 1.82) is 0 Å². The van der Waals surface area contributed by atoms with E-state index in [0.717, 1.165) is 5.76 Å². The van der Waals surface area contributed by atoms with Crippen LogP contribution < -0.4 is 0 Å². The van der Waals surface area contributed by atoms with E-state index in [-0.39, 0.29) is 0 Å². The molecule has 0 heterocycles. The van der Waals surface area contributed by atoms with Gasteiger partial charge in [-0.3, -0.25) is 0 Å². The number of allylic oxidation sites excluding steroid dienone is 2. The van der Waals surface area contributed by atoms with Crippen molar-refractivity contribution in [2.24, 2.45) is 0 Å². The second-order valence-electron chi connectivity index (χ2n) is 1.33. The SMILES string of the molecule is C=C/C(=C/C)OCC. The molecule has 0 unspecified atom stereocenters. The van der Waals surface area contributed by atoms with Gasteiger partial charge < -0.3 is 4.74 Å². The molecule has 0 bridgehead atoms. The van der Waals surface area contributed by atoms with Crippen LogP contribution in [0.2, 0.25) is 0 Å². The Balaban J connectivity index is 3.54. The lowest BCUT2D eigenvalue weighted by molar-refractivity contribution is 0.242. The second-order valence-corrected chi connectivity index (χ2v) is 1.33. The van der Waals surface area contributed by atoms with Gasteiger partial charge in [-0.15, -0.1) is 0 Å². The summed E-state index contributed by atoms with van der Waals surface area (Å²) in [6, 6.07) is 0.